The van der Waals surface area contributed by atoms with Crippen molar-refractivity contribution < 1.29 is 19.3 Å². The van der Waals surface area contributed by atoms with E-state index in [1.165, 1.54) is 0 Å². The van der Waals surface area contributed by atoms with Gasteiger partial charge in [0.1, 0.15) is 11.5 Å². The maximum atomic E-state index is 9.83. The van der Waals surface area contributed by atoms with E-state index in [4.69, 9.17) is 24.2 Å². The van der Waals surface area contributed by atoms with Crippen LogP contribution in [-0.2, 0) is 11.3 Å². The second-order valence-corrected chi connectivity index (χ2v) is 8.08. The molecule has 2 aromatic heterocycles. The first-order valence-corrected chi connectivity index (χ1v) is 11.3. The molecule has 0 amide bonds. The number of hydrogen-bond acceptors (Lipinski definition) is 9. The van der Waals surface area contributed by atoms with Crippen LogP contribution >= 0.6 is 0 Å². The number of aliphatic hydroxyl groups excluding tert-OH is 1. The van der Waals surface area contributed by atoms with Crippen LogP contribution in [0.25, 0.3) is 11.2 Å². The van der Waals surface area contributed by atoms with Crippen LogP contribution in [0, 0.1) is 0 Å². The van der Waals surface area contributed by atoms with Gasteiger partial charge in [0.2, 0.25) is 5.95 Å². The SMILES string of the molecule is CCOCCn1cnc2c(Nc3cc(OC)cc(OC)c3)nc(NC3CCC(O)CC3)nc21. The average Bonchev–Trinajstić information content (AvgIpc) is 3.23. The summed E-state index contributed by atoms with van der Waals surface area (Å²) in [6, 6.07) is 5.78. The Hall–Kier alpha value is -3.11. The molecule has 0 bridgehead atoms. The molecule has 0 spiro atoms. The number of nitrogens with zero attached hydrogens (tertiary/aromatic N) is 4. The first kappa shape index (κ1) is 23.1. The van der Waals surface area contributed by atoms with Crippen molar-refractivity contribution in [2.75, 3.05) is 38.1 Å². The number of nitrogens with one attached hydrogen (secondary N) is 2. The summed E-state index contributed by atoms with van der Waals surface area (Å²) in [5.74, 6) is 2.45. The lowest BCUT2D eigenvalue weighted by molar-refractivity contribution is 0.126. The molecule has 0 aliphatic heterocycles. The molecular formula is C23H32N6O4. The molecule has 1 aliphatic rings. The van der Waals surface area contributed by atoms with Gasteiger partial charge in [0.05, 0.1) is 33.3 Å². The Morgan fingerprint density at radius 2 is 1.79 bits per heavy atom. The summed E-state index contributed by atoms with van der Waals surface area (Å²) in [5, 5.41) is 16.6. The minimum atomic E-state index is -0.216. The standard InChI is InChI=1S/C23H32N6O4/c1-4-33-10-9-29-14-24-20-21(25-16-11-18(31-2)13-19(12-16)32-3)27-23(28-22(20)29)26-15-5-7-17(30)8-6-15/h11-15,17,30H,4-10H2,1-3H3,(H2,25,26,27,28). The predicted octanol–water partition coefficient (Wildman–Crippen LogP) is 3.34. The number of aromatic nitrogens is 4. The molecule has 1 aromatic carbocycles. The smallest absolute Gasteiger partial charge is 0.227 e. The molecule has 1 saturated carbocycles. The highest BCUT2D eigenvalue weighted by atomic mass is 16.5. The van der Waals surface area contributed by atoms with Gasteiger partial charge < -0.3 is 34.5 Å². The summed E-state index contributed by atoms with van der Waals surface area (Å²) in [5.41, 5.74) is 2.15. The van der Waals surface area contributed by atoms with E-state index in [9.17, 15) is 5.11 Å². The van der Waals surface area contributed by atoms with Gasteiger partial charge in [-0.2, -0.15) is 9.97 Å². The van der Waals surface area contributed by atoms with Crippen molar-refractivity contribution >= 4 is 28.6 Å². The van der Waals surface area contributed by atoms with Gasteiger partial charge in [0, 0.05) is 43.1 Å². The predicted molar refractivity (Wildman–Crippen MR) is 127 cm³/mol. The monoisotopic (exact) mass is 456 g/mol. The number of fused-ring (bicyclic) bond motifs is 1. The van der Waals surface area contributed by atoms with Gasteiger partial charge in [-0.3, -0.25) is 0 Å². The number of ether oxygens (including phenoxy) is 3. The van der Waals surface area contributed by atoms with Gasteiger partial charge >= 0.3 is 0 Å². The number of imidazole rings is 1. The third-order valence-electron chi connectivity index (χ3n) is 5.79. The molecule has 4 rings (SSSR count). The second-order valence-electron chi connectivity index (χ2n) is 8.08. The van der Waals surface area contributed by atoms with E-state index in [-0.39, 0.29) is 12.1 Å². The fraction of sp³-hybridized carbons (Fsp3) is 0.522. The van der Waals surface area contributed by atoms with Crippen LogP contribution in [0.15, 0.2) is 24.5 Å². The lowest BCUT2D eigenvalue weighted by atomic mass is 9.93. The second kappa shape index (κ2) is 10.7. The number of aliphatic hydroxyl groups is 1. The maximum absolute atomic E-state index is 9.83. The van der Waals surface area contributed by atoms with Crippen LogP contribution in [0.5, 0.6) is 11.5 Å². The normalized spacial score (nSPS) is 18.3. The van der Waals surface area contributed by atoms with E-state index in [1.54, 1.807) is 20.5 Å². The van der Waals surface area contributed by atoms with E-state index < -0.39 is 0 Å². The lowest BCUT2D eigenvalue weighted by Gasteiger charge is -2.26. The average molecular weight is 457 g/mol. The van der Waals surface area contributed by atoms with Crippen molar-refractivity contribution in [3.63, 3.8) is 0 Å². The zero-order chi connectivity index (χ0) is 23.2. The Balaban J connectivity index is 1.67. The van der Waals surface area contributed by atoms with Crippen molar-refractivity contribution in [1.82, 2.24) is 19.5 Å². The van der Waals surface area contributed by atoms with E-state index in [0.29, 0.717) is 48.5 Å². The van der Waals surface area contributed by atoms with Crippen molar-refractivity contribution in [2.45, 2.75) is 51.3 Å². The molecule has 0 atom stereocenters. The molecule has 10 heteroatoms. The van der Waals surface area contributed by atoms with Gasteiger partial charge in [-0.25, -0.2) is 4.98 Å². The summed E-state index contributed by atoms with van der Waals surface area (Å²) in [7, 11) is 3.23. The third kappa shape index (κ3) is 5.63. The van der Waals surface area contributed by atoms with Crippen LogP contribution in [0.2, 0.25) is 0 Å². The highest BCUT2D eigenvalue weighted by molar-refractivity contribution is 5.86. The summed E-state index contributed by atoms with van der Waals surface area (Å²) in [4.78, 5) is 14.1. The highest BCUT2D eigenvalue weighted by Crippen LogP contribution is 2.31. The largest absolute Gasteiger partial charge is 0.497 e. The Kier molecular flexibility index (Phi) is 7.46. The van der Waals surface area contributed by atoms with Crippen molar-refractivity contribution in [1.29, 1.82) is 0 Å². The number of hydrogen-bond donors (Lipinski definition) is 3. The van der Waals surface area contributed by atoms with Crippen molar-refractivity contribution in [3.8, 4) is 11.5 Å². The minimum Gasteiger partial charge on any atom is -0.497 e. The minimum absolute atomic E-state index is 0.216. The first-order valence-electron chi connectivity index (χ1n) is 11.3. The van der Waals surface area contributed by atoms with E-state index in [0.717, 1.165) is 37.0 Å². The summed E-state index contributed by atoms with van der Waals surface area (Å²) >= 11 is 0. The molecule has 0 unspecified atom stereocenters. The molecule has 0 radical (unpaired) electrons. The van der Waals surface area contributed by atoms with Crippen LogP contribution in [0.3, 0.4) is 0 Å². The van der Waals surface area contributed by atoms with Crippen LogP contribution in [-0.4, -0.2) is 64.2 Å². The summed E-state index contributed by atoms with van der Waals surface area (Å²) in [6.07, 6.45) is 4.86. The van der Waals surface area contributed by atoms with Crippen LogP contribution < -0.4 is 20.1 Å². The summed E-state index contributed by atoms with van der Waals surface area (Å²) < 4.78 is 18.3. The Morgan fingerprint density at radius 1 is 1.06 bits per heavy atom. The summed E-state index contributed by atoms with van der Waals surface area (Å²) in [6.45, 7) is 3.85. The molecular weight excluding hydrogens is 424 g/mol. The van der Waals surface area contributed by atoms with Gasteiger partial charge in [-0.15, -0.1) is 0 Å². The van der Waals surface area contributed by atoms with Gasteiger partial charge in [-0.05, 0) is 32.6 Å². The Labute approximate surface area is 193 Å². The molecule has 1 aliphatic carbocycles. The van der Waals surface area contributed by atoms with E-state index >= 15 is 0 Å². The van der Waals surface area contributed by atoms with Crippen LogP contribution in [0.1, 0.15) is 32.6 Å². The molecule has 1 fully saturated rings. The zero-order valence-corrected chi connectivity index (χ0v) is 19.4. The fourth-order valence-corrected chi connectivity index (χ4v) is 3.99. The molecule has 2 heterocycles. The van der Waals surface area contributed by atoms with Crippen LogP contribution in [0.4, 0.5) is 17.5 Å². The fourth-order valence-electron chi connectivity index (χ4n) is 3.99. The number of rotatable bonds is 10. The lowest BCUT2D eigenvalue weighted by Crippen LogP contribution is -2.29. The molecule has 33 heavy (non-hydrogen) atoms. The van der Waals surface area contributed by atoms with Crippen molar-refractivity contribution in [2.24, 2.45) is 0 Å². The topological polar surface area (TPSA) is 116 Å². The zero-order valence-electron chi connectivity index (χ0n) is 19.4. The molecule has 3 N–H and O–H groups in total. The molecule has 178 valence electrons. The highest BCUT2D eigenvalue weighted by Gasteiger charge is 2.21. The van der Waals surface area contributed by atoms with E-state index in [2.05, 4.69) is 15.6 Å². The van der Waals surface area contributed by atoms with Gasteiger partial charge in [-0.1, -0.05) is 0 Å². The van der Waals surface area contributed by atoms with Gasteiger partial charge in [0.25, 0.3) is 0 Å². The number of methoxy groups -OCH3 is 2. The number of anilines is 3. The van der Waals surface area contributed by atoms with Gasteiger partial charge in [0.15, 0.2) is 17.0 Å². The molecule has 0 saturated heterocycles. The number of benzene rings is 1. The Bertz CT molecular complexity index is 1040. The maximum Gasteiger partial charge on any atom is 0.227 e. The first-order chi connectivity index (χ1) is 16.1. The van der Waals surface area contributed by atoms with Crippen molar-refractivity contribution in [3.05, 3.63) is 24.5 Å². The Morgan fingerprint density at radius 3 is 2.45 bits per heavy atom. The van der Waals surface area contributed by atoms with E-state index in [1.807, 2.05) is 29.7 Å². The molecule has 3 aromatic rings. The molecule has 10 nitrogen and oxygen atoms in total. The quantitative estimate of drug-likeness (QED) is 0.395. The third-order valence-corrected chi connectivity index (χ3v) is 5.79.